The number of carbonyl (C=O) groups is 1. The molecule has 0 aliphatic rings. The molecule has 0 saturated carbocycles. The lowest BCUT2D eigenvalue weighted by Crippen LogP contribution is -2.17. The number of hydrogen-bond acceptors (Lipinski definition) is 5. The van der Waals surface area contributed by atoms with E-state index in [0.29, 0.717) is 11.5 Å². The first kappa shape index (κ1) is 16.8. The molecule has 2 aromatic carbocycles. The summed E-state index contributed by atoms with van der Waals surface area (Å²) in [5.41, 5.74) is 3.24. The molecule has 2 N–H and O–H groups in total. The number of nitrogens with zero attached hydrogens (tertiary/aromatic N) is 1. The third kappa shape index (κ3) is 4.23. The van der Waals surface area contributed by atoms with Crippen molar-refractivity contribution < 1.29 is 19.4 Å². The molecule has 7 heteroatoms. The van der Waals surface area contributed by atoms with Crippen LogP contribution < -0.4 is 14.9 Å². The number of hydrogen-bond donors (Lipinski definition) is 2. The summed E-state index contributed by atoms with van der Waals surface area (Å²) < 4.78 is 10.9. The number of ether oxygens (including phenoxy) is 2. The van der Waals surface area contributed by atoms with Gasteiger partial charge < -0.3 is 14.6 Å². The van der Waals surface area contributed by atoms with Gasteiger partial charge in [0, 0.05) is 6.07 Å². The van der Waals surface area contributed by atoms with Crippen LogP contribution in [-0.2, 0) is 0 Å². The monoisotopic (exact) mass is 378 g/mol. The lowest BCUT2D eigenvalue weighted by atomic mass is 10.2. The van der Waals surface area contributed by atoms with Crippen molar-refractivity contribution in [3.8, 4) is 17.2 Å². The molecule has 0 aliphatic carbocycles. The van der Waals surface area contributed by atoms with Gasteiger partial charge in [-0.15, -0.1) is 0 Å². The van der Waals surface area contributed by atoms with Crippen molar-refractivity contribution in [2.45, 2.75) is 0 Å². The van der Waals surface area contributed by atoms with Crippen molar-refractivity contribution in [3.05, 3.63) is 52.0 Å². The van der Waals surface area contributed by atoms with Gasteiger partial charge >= 0.3 is 0 Å². The van der Waals surface area contributed by atoms with E-state index in [-0.39, 0.29) is 11.3 Å². The SMILES string of the molecule is COc1ccc(C(=O)N/N=C\c2ccc(OC)c(Br)c2)c(O)c1. The Morgan fingerprint density at radius 2 is 2.00 bits per heavy atom. The van der Waals surface area contributed by atoms with Gasteiger partial charge in [-0.2, -0.15) is 5.10 Å². The molecule has 6 nitrogen and oxygen atoms in total. The summed E-state index contributed by atoms with van der Waals surface area (Å²) in [6, 6.07) is 9.78. The third-order valence-electron chi connectivity index (χ3n) is 3.01. The van der Waals surface area contributed by atoms with Crippen molar-refractivity contribution in [1.29, 1.82) is 0 Å². The van der Waals surface area contributed by atoms with Gasteiger partial charge in [-0.05, 0) is 51.8 Å². The lowest BCUT2D eigenvalue weighted by Gasteiger charge is -2.05. The number of phenolic OH excluding ortho intramolecular Hbond substituents is 1. The fraction of sp³-hybridized carbons (Fsp3) is 0.125. The standard InChI is InChI=1S/C16H15BrN2O4/c1-22-11-4-5-12(14(20)8-11)16(21)19-18-9-10-3-6-15(23-2)13(17)7-10/h3-9,20H,1-2H3,(H,19,21)/b18-9-. The molecule has 2 rings (SSSR count). The molecule has 0 fully saturated rings. The molecule has 0 saturated heterocycles. The van der Waals surface area contributed by atoms with Crippen LogP contribution in [0, 0.1) is 0 Å². The predicted octanol–water partition coefficient (Wildman–Crippen LogP) is 2.94. The van der Waals surface area contributed by atoms with Crippen molar-refractivity contribution in [1.82, 2.24) is 5.43 Å². The van der Waals surface area contributed by atoms with Gasteiger partial charge in [0.2, 0.25) is 0 Å². The number of hydrazone groups is 1. The van der Waals surface area contributed by atoms with Gasteiger partial charge in [-0.3, -0.25) is 4.79 Å². The summed E-state index contributed by atoms with van der Waals surface area (Å²) in [6.45, 7) is 0. The van der Waals surface area contributed by atoms with E-state index >= 15 is 0 Å². The molecule has 1 amide bonds. The van der Waals surface area contributed by atoms with E-state index in [1.54, 1.807) is 31.4 Å². The molecule has 23 heavy (non-hydrogen) atoms. The van der Waals surface area contributed by atoms with E-state index in [0.717, 1.165) is 10.0 Å². The summed E-state index contributed by atoms with van der Waals surface area (Å²) in [6.07, 6.45) is 1.49. The largest absolute Gasteiger partial charge is 0.507 e. The van der Waals surface area contributed by atoms with Crippen LogP contribution in [0.2, 0.25) is 0 Å². The van der Waals surface area contributed by atoms with Crippen LogP contribution in [0.15, 0.2) is 46.0 Å². The number of halogens is 1. The van der Waals surface area contributed by atoms with Crippen LogP contribution in [0.25, 0.3) is 0 Å². The number of carbonyl (C=O) groups excluding carboxylic acids is 1. The van der Waals surface area contributed by atoms with Crippen LogP contribution >= 0.6 is 15.9 Å². The average Bonchev–Trinajstić information content (AvgIpc) is 2.54. The van der Waals surface area contributed by atoms with Gasteiger partial charge in [0.05, 0.1) is 30.5 Å². The van der Waals surface area contributed by atoms with Crippen molar-refractivity contribution in [3.63, 3.8) is 0 Å². The number of rotatable bonds is 5. The molecule has 120 valence electrons. The maximum atomic E-state index is 12.0. The van der Waals surface area contributed by atoms with E-state index in [9.17, 15) is 9.90 Å². The Kier molecular flexibility index (Phi) is 5.59. The highest BCUT2D eigenvalue weighted by molar-refractivity contribution is 9.10. The summed E-state index contributed by atoms with van der Waals surface area (Å²) in [7, 11) is 3.06. The smallest absolute Gasteiger partial charge is 0.275 e. The molecular weight excluding hydrogens is 364 g/mol. The Morgan fingerprint density at radius 3 is 2.61 bits per heavy atom. The lowest BCUT2D eigenvalue weighted by molar-refractivity contribution is 0.0952. The highest BCUT2D eigenvalue weighted by Gasteiger charge is 2.11. The summed E-state index contributed by atoms with van der Waals surface area (Å²) in [5.74, 6) is 0.471. The minimum atomic E-state index is -0.519. The quantitative estimate of drug-likeness (QED) is 0.619. The van der Waals surface area contributed by atoms with Gasteiger partial charge in [-0.25, -0.2) is 5.43 Å². The van der Waals surface area contributed by atoms with Crippen LogP contribution in [0.4, 0.5) is 0 Å². The first-order valence-electron chi connectivity index (χ1n) is 6.59. The van der Waals surface area contributed by atoms with E-state index in [1.807, 2.05) is 0 Å². The topological polar surface area (TPSA) is 80.2 Å². The molecule has 0 heterocycles. The van der Waals surface area contributed by atoms with Crippen LogP contribution in [-0.4, -0.2) is 31.4 Å². The molecule has 0 unspecified atom stereocenters. The molecular formula is C16H15BrN2O4. The summed E-state index contributed by atoms with van der Waals surface area (Å²) >= 11 is 3.37. The van der Waals surface area contributed by atoms with Gasteiger partial charge in [0.25, 0.3) is 5.91 Å². The van der Waals surface area contributed by atoms with Crippen LogP contribution in [0.1, 0.15) is 15.9 Å². The fourth-order valence-electron chi connectivity index (χ4n) is 1.82. The second kappa shape index (κ2) is 7.64. The van der Waals surface area contributed by atoms with Gasteiger partial charge in [0.1, 0.15) is 17.2 Å². The van der Waals surface area contributed by atoms with Gasteiger partial charge in [0.15, 0.2) is 0 Å². The van der Waals surface area contributed by atoms with E-state index in [1.165, 1.54) is 25.5 Å². The normalized spacial score (nSPS) is 10.6. The summed E-state index contributed by atoms with van der Waals surface area (Å²) in [5, 5.41) is 13.7. The fourth-order valence-corrected chi connectivity index (χ4v) is 2.38. The van der Waals surface area contributed by atoms with Crippen molar-refractivity contribution in [2.24, 2.45) is 5.10 Å². The first-order valence-corrected chi connectivity index (χ1v) is 7.38. The predicted molar refractivity (Wildman–Crippen MR) is 90.4 cm³/mol. The Hall–Kier alpha value is -2.54. The molecule has 2 aromatic rings. The molecule has 0 bridgehead atoms. The Morgan fingerprint density at radius 1 is 1.22 bits per heavy atom. The number of phenols is 1. The third-order valence-corrected chi connectivity index (χ3v) is 3.62. The molecule has 0 spiro atoms. The van der Waals surface area contributed by atoms with E-state index in [2.05, 4.69) is 26.5 Å². The van der Waals surface area contributed by atoms with Crippen molar-refractivity contribution >= 4 is 28.1 Å². The molecule has 0 aromatic heterocycles. The first-order chi connectivity index (χ1) is 11.0. The van der Waals surface area contributed by atoms with Crippen molar-refractivity contribution in [2.75, 3.05) is 14.2 Å². The Balaban J connectivity index is 2.05. The van der Waals surface area contributed by atoms with Gasteiger partial charge in [-0.1, -0.05) is 0 Å². The average molecular weight is 379 g/mol. The van der Waals surface area contributed by atoms with E-state index in [4.69, 9.17) is 9.47 Å². The highest BCUT2D eigenvalue weighted by atomic mass is 79.9. The second-order valence-electron chi connectivity index (χ2n) is 4.48. The number of aromatic hydroxyl groups is 1. The highest BCUT2D eigenvalue weighted by Crippen LogP contribution is 2.25. The second-order valence-corrected chi connectivity index (χ2v) is 5.33. The number of benzene rings is 2. The number of methoxy groups -OCH3 is 2. The zero-order valence-corrected chi connectivity index (χ0v) is 14.1. The van der Waals surface area contributed by atoms with Crippen LogP contribution in [0.5, 0.6) is 17.2 Å². The number of amides is 1. The molecule has 0 radical (unpaired) electrons. The maximum absolute atomic E-state index is 12.0. The zero-order valence-electron chi connectivity index (χ0n) is 12.5. The van der Waals surface area contributed by atoms with E-state index < -0.39 is 5.91 Å². The minimum absolute atomic E-state index is 0.110. The van der Waals surface area contributed by atoms with Crippen LogP contribution in [0.3, 0.4) is 0 Å². The summed E-state index contributed by atoms with van der Waals surface area (Å²) in [4.78, 5) is 12.0. The maximum Gasteiger partial charge on any atom is 0.275 e. The Bertz CT molecular complexity index is 747. The molecule has 0 aliphatic heterocycles. The number of nitrogens with one attached hydrogen (secondary N) is 1. The Labute approximate surface area is 141 Å². The molecule has 0 atom stereocenters. The minimum Gasteiger partial charge on any atom is -0.507 e. The zero-order chi connectivity index (χ0) is 16.8.